The van der Waals surface area contributed by atoms with E-state index in [-0.39, 0.29) is 10.1 Å². The van der Waals surface area contributed by atoms with Gasteiger partial charge in [-0.1, -0.05) is 35.3 Å². The van der Waals surface area contributed by atoms with Gasteiger partial charge in [-0.2, -0.15) is 0 Å². The minimum atomic E-state index is -1.00. The van der Waals surface area contributed by atoms with Crippen LogP contribution in [0, 0.1) is 5.82 Å². The SMILES string of the molecule is CC(C(=O)O)c1ccc(C=C(Cl)Cl)c(F)c1. The van der Waals surface area contributed by atoms with Crippen LogP contribution in [0.25, 0.3) is 6.08 Å². The predicted octanol–water partition coefficient (Wildman–Crippen LogP) is 3.79. The van der Waals surface area contributed by atoms with Crippen molar-refractivity contribution in [1.29, 1.82) is 0 Å². The predicted molar refractivity (Wildman–Crippen MR) is 62.1 cm³/mol. The summed E-state index contributed by atoms with van der Waals surface area (Å²) in [6, 6.07) is 4.14. The van der Waals surface area contributed by atoms with E-state index in [0.29, 0.717) is 5.56 Å². The molecule has 0 radical (unpaired) electrons. The summed E-state index contributed by atoms with van der Waals surface area (Å²) >= 11 is 10.8. The number of aliphatic carboxylic acids is 1. The molecule has 0 aliphatic rings. The fraction of sp³-hybridized carbons (Fsp3) is 0.182. The highest BCUT2D eigenvalue weighted by Crippen LogP contribution is 2.22. The van der Waals surface area contributed by atoms with Crippen molar-refractivity contribution >= 4 is 35.2 Å². The van der Waals surface area contributed by atoms with Crippen molar-refractivity contribution in [3.8, 4) is 0 Å². The van der Waals surface area contributed by atoms with Gasteiger partial charge in [0.25, 0.3) is 0 Å². The van der Waals surface area contributed by atoms with Crippen LogP contribution in [0.4, 0.5) is 4.39 Å². The number of halogens is 3. The van der Waals surface area contributed by atoms with Gasteiger partial charge in [-0.15, -0.1) is 0 Å². The molecule has 1 unspecified atom stereocenters. The Labute approximate surface area is 102 Å². The summed E-state index contributed by atoms with van der Waals surface area (Å²) in [7, 11) is 0. The summed E-state index contributed by atoms with van der Waals surface area (Å²) < 4.78 is 13.4. The summed E-state index contributed by atoms with van der Waals surface area (Å²) in [6.07, 6.45) is 1.26. The van der Waals surface area contributed by atoms with Crippen LogP contribution in [-0.4, -0.2) is 11.1 Å². The average molecular weight is 263 g/mol. The van der Waals surface area contributed by atoms with E-state index >= 15 is 0 Å². The Hall–Kier alpha value is -1.06. The van der Waals surface area contributed by atoms with Gasteiger partial charge in [0.1, 0.15) is 10.3 Å². The molecule has 0 saturated heterocycles. The van der Waals surface area contributed by atoms with Crippen molar-refractivity contribution in [3.63, 3.8) is 0 Å². The molecule has 0 heterocycles. The first-order valence-electron chi connectivity index (χ1n) is 4.46. The summed E-state index contributed by atoms with van der Waals surface area (Å²) in [5, 5.41) is 8.76. The molecule has 0 aromatic heterocycles. The van der Waals surface area contributed by atoms with Crippen molar-refractivity contribution in [1.82, 2.24) is 0 Å². The molecule has 0 aliphatic heterocycles. The maximum atomic E-state index is 13.5. The number of rotatable bonds is 3. The van der Waals surface area contributed by atoms with Crippen LogP contribution in [0.5, 0.6) is 0 Å². The average Bonchev–Trinajstić information content (AvgIpc) is 2.19. The summed E-state index contributed by atoms with van der Waals surface area (Å²) in [5.74, 6) is -2.30. The first-order chi connectivity index (χ1) is 7.41. The van der Waals surface area contributed by atoms with Gasteiger partial charge in [-0.25, -0.2) is 4.39 Å². The Morgan fingerprint density at radius 2 is 2.12 bits per heavy atom. The van der Waals surface area contributed by atoms with E-state index in [2.05, 4.69) is 0 Å². The molecular weight excluding hydrogens is 254 g/mol. The van der Waals surface area contributed by atoms with Crippen LogP contribution in [0.2, 0.25) is 0 Å². The van der Waals surface area contributed by atoms with Gasteiger partial charge in [0.05, 0.1) is 5.92 Å². The number of carboxylic acid groups (broad SMARTS) is 1. The zero-order valence-corrected chi connectivity index (χ0v) is 9.89. The first-order valence-corrected chi connectivity index (χ1v) is 5.22. The quantitative estimate of drug-likeness (QED) is 0.900. The third kappa shape index (κ3) is 3.22. The molecule has 5 heteroatoms. The monoisotopic (exact) mass is 262 g/mol. The number of benzene rings is 1. The van der Waals surface area contributed by atoms with Crippen LogP contribution in [0.3, 0.4) is 0 Å². The molecule has 1 N–H and O–H groups in total. The summed E-state index contributed by atoms with van der Waals surface area (Å²) in [6.45, 7) is 1.49. The number of hydrogen-bond donors (Lipinski definition) is 1. The Morgan fingerprint density at radius 1 is 1.50 bits per heavy atom. The largest absolute Gasteiger partial charge is 0.481 e. The van der Waals surface area contributed by atoms with Crippen LogP contribution in [-0.2, 0) is 4.79 Å². The Bertz CT molecular complexity index is 440. The van der Waals surface area contributed by atoms with E-state index < -0.39 is 17.7 Å². The lowest BCUT2D eigenvalue weighted by Crippen LogP contribution is -2.07. The third-order valence-electron chi connectivity index (χ3n) is 2.16. The van der Waals surface area contributed by atoms with Gasteiger partial charge in [-0.05, 0) is 24.6 Å². The molecule has 0 saturated carbocycles. The van der Waals surface area contributed by atoms with Crippen LogP contribution < -0.4 is 0 Å². The topological polar surface area (TPSA) is 37.3 Å². The first kappa shape index (κ1) is 13.0. The van der Waals surface area contributed by atoms with Crippen molar-refractivity contribution in [2.45, 2.75) is 12.8 Å². The number of carboxylic acids is 1. The van der Waals surface area contributed by atoms with E-state index in [4.69, 9.17) is 28.3 Å². The zero-order chi connectivity index (χ0) is 12.3. The molecule has 1 aromatic rings. The van der Waals surface area contributed by atoms with Gasteiger partial charge in [0.2, 0.25) is 0 Å². The lowest BCUT2D eigenvalue weighted by Gasteiger charge is -2.07. The molecule has 1 rings (SSSR count). The fourth-order valence-corrected chi connectivity index (χ4v) is 1.43. The van der Waals surface area contributed by atoms with E-state index in [0.717, 1.165) is 0 Å². The lowest BCUT2D eigenvalue weighted by molar-refractivity contribution is -0.138. The Balaban J connectivity index is 3.09. The van der Waals surface area contributed by atoms with Crippen molar-refractivity contribution in [2.75, 3.05) is 0 Å². The Kier molecular flexibility index (Phi) is 4.33. The summed E-state index contributed by atoms with van der Waals surface area (Å²) in [5.41, 5.74) is 0.620. The number of hydrogen-bond acceptors (Lipinski definition) is 1. The van der Waals surface area contributed by atoms with E-state index in [9.17, 15) is 9.18 Å². The molecule has 0 fully saturated rings. The second kappa shape index (κ2) is 5.32. The fourth-order valence-electron chi connectivity index (χ4n) is 1.19. The van der Waals surface area contributed by atoms with Crippen LogP contribution >= 0.6 is 23.2 Å². The molecule has 1 aromatic carbocycles. The van der Waals surface area contributed by atoms with Gasteiger partial charge >= 0.3 is 5.97 Å². The highest BCUT2D eigenvalue weighted by atomic mass is 35.5. The normalized spacial score (nSPS) is 12.0. The van der Waals surface area contributed by atoms with Gasteiger partial charge in [0, 0.05) is 5.56 Å². The zero-order valence-electron chi connectivity index (χ0n) is 8.38. The second-order valence-corrected chi connectivity index (χ2v) is 4.28. The van der Waals surface area contributed by atoms with Crippen molar-refractivity contribution in [2.24, 2.45) is 0 Å². The van der Waals surface area contributed by atoms with Gasteiger partial charge in [0.15, 0.2) is 0 Å². The molecule has 0 amide bonds. The van der Waals surface area contributed by atoms with Crippen molar-refractivity contribution < 1.29 is 14.3 Å². The molecule has 2 nitrogen and oxygen atoms in total. The molecule has 0 aliphatic carbocycles. The second-order valence-electron chi connectivity index (χ2n) is 3.27. The van der Waals surface area contributed by atoms with E-state index in [1.54, 1.807) is 0 Å². The summed E-state index contributed by atoms with van der Waals surface area (Å²) in [4.78, 5) is 10.7. The minimum Gasteiger partial charge on any atom is -0.481 e. The Morgan fingerprint density at radius 3 is 2.56 bits per heavy atom. The standard InChI is InChI=1S/C11H9Cl2FO2/c1-6(11(15)16)7-2-3-8(5-10(12)13)9(14)4-7/h2-6H,1H3,(H,15,16). The van der Waals surface area contributed by atoms with Gasteiger partial charge in [-0.3, -0.25) is 4.79 Å². The van der Waals surface area contributed by atoms with Crippen LogP contribution in [0.15, 0.2) is 22.7 Å². The molecule has 0 spiro atoms. The maximum Gasteiger partial charge on any atom is 0.310 e. The molecule has 0 bridgehead atoms. The minimum absolute atomic E-state index is 0.0575. The van der Waals surface area contributed by atoms with Crippen molar-refractivity contribution in [3.05, 3.63) is 39.6 Å². The van der Waals surface area contributed by atoms with E-state index in [1.165, 1.54) is 31.2 Å². The smallest absolute Gasteiger partial charge is 0.310 e. The molecular formula is C11H9Cl2FO2. The lowest BCUT2D eigenvalue weighted by atomic mass is 10.00. The molecule has 86 valence electrons. The van der Waals surface area contributed by atoms with Gasteiger partial charge < -0.3 is 5.11 Å². The molecule has 1 atom stereocenters. The highest BCUT2D eigenvalue weighted by molar-refractivity contribution is 6.57. The highest BCUT2D eigenvalue weighted by Gasteiger charge is 2.14. The van der Waals surface area contributed by atoms with E-state index in [1.807, 2.05) is 0 Å². The van der Waals surface area contributed by atoms with Crippen LogP contribution in [0.1, 0.15) is 24.0 Å². The maximum absolute atomic E-state index is 13.5. The number of carbonyl (C=O) groups is 1. The third-order valence-corrected chi connectivity index (χ3v) is 2.38. The molecule has 16 heavy (non-hydrogen) atoms.